The van der Waals surface area contributed by atoms with Crippen LogP contribution in [0.5, 0.6) is 0 Å². The number of para-hydroxylation sites is 1. The van der Waals surface area contributed by atoms with Crippen molar-refractivity contribution in [2.24, 2.45) is 0 Å². The van der Waals surface area contributed by atoms with Crippen LogP contribution in [0.25, 0.3) is 0 Å². The summed E-state index contributed by atoms with van der Waals surface area (Å²) in [6.07, 6.45) is 1.45. The maximum absolute atomic E-state index is 12.3. The smallest absolute Gasteiger partial charge is 0.257 e. The van der Waals surface area contributed by atoms with Crippen LogP contribution in [0.1, 0.15) is 33.2 Å². The first-order chi connectivity index (χ1) is 13.1. The number of nitriles is 1. The van der Waals surface area contributed by atoms with Gasteiger partial charge in [0.15, 0.2) is 5.78 Å². The second-order valence-corrected chi connectivity index (χ2v) is 5.80. The zero-order chi connectivity index (χ0) is 19.2. The highest BCUT2D eigenvalue weighted by atomic mass is 16.1. The number of aromatic nitrogens is 1. The molecule has 2 aromatic carbocycles. The Bertz CT molecular complexity index is 1020. The first-order valence-corrected chi connectivity index (χ1v) is 8.21. The molecule has 2 N–H and O–H groups in total. The van der Waals surface area contributed by atoms with Crippen LogP contribution in [0.15, 0.2) is 66.9 Å². The van der Waals surface area contributed by atoms with Gasteiger partial charge >= 0.3 is 0 Å². The third-order valence-electron chi connectivity index (χ3n) is 3.89. The van der Waals surface area contributed by atoms with E-state index in [0.29, 0.717) is 33.9 Å². The van der Waals surface area contributed by atoms with Gasteiger partial charge in [-0.15, -0.1) is 0 Å². The van der Waals surface area contributed by atoms with E-state index in [0.717, 1.165) is 0 Å². The van der Waals surface area contributed by atoms with Crippen LogP contribution < -0.4 is 10.6 Å². The van der Waals surface area contributed by atoms with Gasteiger partial charge in [0.05, 0.1) is 16.8 Å². The predicted molar refractivity (Wildman–Crippen MR) is 103 cm³/mol. The Morgan fingerprint density at radius 3 is 2.30 bits per heavy atom. The van der Waals surface area contributed by atoms with Crippen LogP contribution in [-0.2, 0) is 0 Å². The van der Waals surface area contributed by atoms with Crippen molar-refractivity contribution in [2.75, 3.05) is 10.6 Å². The summed E-state index contributed by atoms with van der Waals surface area (Å²) >= 11 is 0. The molecule has 0 fully saturated rings. The lowest BCUT2D eigenvalue weighted by atomic mass is 10.1. The Morgan fingerprint density at radius 1 is 0.963 bits per heavy atom. The largest absolute Gasteiger partial charge is 0.339 e. The molecule has 0 aliphatic rings. The van der Waals surface area contributed by atoms with Crippen molar-refractivity contribution >= 4 is 28.9 Å². The first-order valence-electron chi connectivity index (χ1n) is 8.21. The lowest BCUT2D eigenvalue weighted by molar-refractivity contribution is 0.101. The molecule has 0 atom stereocenters. The first kappa shape index (κ1) is 17.8. The van der Waals surface area contributed by atoms with Gasteiger partial charge in [0, 0.05) is 17.4 Å². The molecule has 6 nitrogen and oxygen atoms in total. The minimum atomic E-state index is -0.304. The Hall–Kier alpha value is -3.98. The molecule has 3 rings (SSSR count). The van der Waals surface area contributed by atoms with E-state index in [1.54, 1.807) is 54.6 Å². The summed E-state index contributed by atoms with van der Waals surface area (Å²) in [5, 5.41) is 14.9. The van der Waals surface area contributed by atoms with Crippen LogP contribution in [0.4, 0.5) is 17.2 Å². The number of nitrogens with zero attached hydrogens (tertiary/aromatic N) is 2. The third-order valence-corrected chi connectivity index (χ3v) is 3.89. The van der Waals surface area contributed by atoms with Crippen molar-refractivity contribution in [2.45, 2.75) is 6.92 Å². The van der Waals surface area contributed by atoms with Crippen LogP contribution >= 0.6 is 0 Å². The quantitative estimate of drug-likeness (QED) is 0.670. The molecule has 0 saturated heterocycles. The highest BCUT2D eigenvalue weighted by Gasteiger charge is 2.08. The number of anilines is 3. The van der Waals surface area contributed by atoms with E-state index in [4.69, 9.17) is 5.26 Å². The van der Waals surface area contributed by atoms with Crippen molar-refractivity contribution < 1.29 is 9.59 Å². The van der Waals surface area contributed by atoms with E-state index in [1.807, 2.05) is 6.07 Å². The summed E-state index contributed by atoms with van der Waals surface area (Å²) in [5.74, 6) is 0.195. The summed E-state index contributed by atoms with van der Waals surface area (Å²) in [7, 11) is 0. The molecule has 0 bridgehead atoms. The molecule has 0 spiro atoms. The average molecular weight is 356 g/mol. The molecular weight excluding hydrogens is 340 g/mol. The average Bonchev–Trinajstić information content (AvgIpc) is 2.69. The zero-order valence-electron chi connectivity index (χ0n) is 14.6. The molecule has 27 heavy (non-hydrogen) atoms. The predicted octanol–water partition coefficient (Wildman–Crippen LogP) is 4.15. The van der Waals surface area contributed by atoms with E-state index in [1.165, 1.54) is 13.1 Å². The van der Waals surface area contributed by atoms with Gasteiger partial charge in [0.25, 0.3) is 5.91 Å². The Balaban J connectivity index is 1.68. The second kappa shape index (κ2) is 7.93. The van der Waals surface area contributed by atoms with Crippen LogP contribution in [0, 0.1) is 11.3 Å². The molecule has 132 valence electrons. The normalized spacial score (nSPS) is 9.93. The van der Waals surface area contributed by atoms with Crippen LogP contribution in [-0.4, -0.2) is 16.7 Å². The summed E-state index contributed by atoms with van der Waals surface area (Å²) < 4.78 is 0. The Kier molecular flexibility index (Phi) is 5.24. The molecular formula is C21H16N4O2. The lowest BCUT2D eigenvalue weighted by Crippen LogP contribution is -2.12. The van der Waals surface area contributed by atoms with E-state index < -0.39 is 0 Å². The van der Waals surface area contributed by atoms with Crippen molar-refractivity contribution in [1.82, 2.24) is 4.98 Å². The highest BCUT2D eigenvalue weighted by Crippen LogP contribution is 2.19. The standard InChI is InChI=1S/C21H16N4O2/c1-14(26)15-6-9-18(10-7-15)24-21(27)17-8-11-20(23-13-17)25-19-5-3-2-4-16(19)12-22/h2-11,13H,1H3,(H,23,25)(H,24,27). The van der Waals surface area contributed by atoms with Gasteiger partial charge in [-0.3, -0.25) is 9.59 Å². The van der Waals surface area contributed by atoms with E-state index >= 15 is 0 Å². The zero-order valence-corrected chi connectivity index (χ0v) is 14.6. The number of rotatable bonds is 5. The Morgan fingerprint density at radius 2 is 1.67 bits per heavy atom. The van der Waals surface area contributed by atoms with Gasteiger partial charge in [-0.25, -0.2) is 4.98 Å². The second-order valence-electron chi connectivity index (χ2n) is 5.80. The summed E-state index contributed by atoms with van der Waals surface area (Å²) in [5.41, 5.74) is 2.73. The van der Waals surface area contributed by atoms with Gasteiger partial charge in [-0.1, -0.05) is 12.1 Å². The monoisotopic (exact) mass is 356 g/mol. The minimum absolute atomic E-state index is 0.0295. The number of carbonyl (C=O) groups is 2. The summed E-state index contributed by atoms with van der Waals surface area (Å²) in [6, 6.07) is 19.2. The van der Waals surface area contributed by atoms with Gasteiger partial charge in [-0.05, 0) is 55.5 Å². The number of benzene rings is 2. The molecule has 1 aromatic heterocycles. The number of ketones is 1. The fourth-order valence-electron chi connectivity index (χ4n) is 2.42. The highest BCUT2D eigenvalue weighted by molar-refractivity contribution is 6.04. The molecule has 3 aromatic rings. The number of amides is 1. The topological polar surface area (TPSA) is 94.9 Å². The maximum Gasteiger partial charge on any atom is 0.257 e. The molecule has 0 radical (unpaired) electrons. The Labute approximate surface area is 156 Å². The number of pyridine rings is 1. The number of hydrogen-bond acceptors (Lipinski definition) is 5. The molecule has 1 amide bonds. The summed E-state index contributed by atoms with van der Waals surface area (Å²) in [4.78, 5) is 27.8. The minimum Gasteiger partial charge on any atom is -0.339 e. The van der Waals surface area contributed by atoms with Crippen LogP contribution in [0.3, 0.4) is 0 Å². The fourth-order valence-corrected chi connectivity index (χ4v) is 2.42. The maximum atomic E-state index is 12.3. The SMILES string of the molecule is CC(=O)c1ccc(NC(=O)c2ccc(Nc3ccccc3C#N)nc2)cc1. The number of Topliss-reactive ketones (excluding diaryl/α,β-unsaturated/α-hetero) is 1. The van der Waals surface area contributed by atoms with Gasteiger partial charge < -0.3 is 10.6 Å². The van der Waals surface area contributed by atoms with Gasteiger partial charge in [0.2, 0.25) is 0 Å². The summed E-state index contributed by atoms with van der Waals surface area (Å²) in [6.45, 7) is 1.49. The number of hydrogen-bond donors (Lipinski definition) is 2. The van der Waals surface area contributed by atoms with E-state index in [9.17, 15) is 9.59 Å². The van der Waals surface area contributed by atoms with Crippen molar-refractivity contribution in [3.63, 3.8) is 0 Å². The molecule has 0 unspecified atom stereocenters. The van der Waals surface area contributed by atoms with Crippen molar-refractivity contribution in [3.8, 4) is 6.07 Å². The molecule has 0 aliphatic heterocycles. The number of carbonyl (C=O) groups excluding carboxylic acids is 2. The third kappa shape index (κ3) is 4.35. The fraction of sp³-hybridized carbons (Fsp3) is 0.0476. The molecule has 0 saturated carbocycles. The molecule has 0 aliphatic carbocycles. The number of nitrogens with one attached hydrogen (secondary N) is 2. The van der Waals surface area contributed by atoms with E-state index in [-0.39, 0.29) is 11.7 Å². The lowest BCUT2D eigenvalue weighted by Gasteiger charge is -2.09. The van der Waals surface area contributed by atoms with Crippen molar-refractivity contribution in [1.29, 1.82) is 5.26 Å². The molecule has 6 heteroatoms. The van der Waals surface area contributed by atoms with Gasteiger partial charge in [-0.2, -0.15) is 5.26 Å². The van der Waals surface area contributed by atoms with Gasteiger partial charge in [0.1, 0.15) is 11.9 Å². The van der Waals surface area contributed by atoms with Crippen molar-refractivity contribution in [3.05, 3.63) is 83.6 Å². The molecule has 1 heterocycles. The van der Waals surface area contributed by atoms with Crippen LogP contribution in [0.2, 0.25) is 0 Å². The van der Waals surface area contributed by atoms with E-state index in [2.05, 4.69) is 21.7 Å².